The maximum Gasteiger partial charge on any atom is 0.226 e. The zero-order valence-electron chi connectivity index (χ0n) is 13.1. The number of hydrogen-bond donors (Lipinski definition) is 1. The van der Waals surface area contributed by atoms with E-state index >= 15 is 0 Å². The lowest BCUT2D eigenvalue weighted by atomic mass is 9.92. The van der Waals surface area contributed by atoms with Crippen LogP contribution in [0.2, 0.25) is 5.02 Å². The summed E-state index contributed by atoms with van der Waals surface area (Å²) in [6, 6.07) is 7.45. The molecule has 0 radical (unpaired) electrons. The second-order valence-corrected chi connectivity index (χ2v) is 7.87. The predicted octanol–water partition coefficient (Wildman–Crippen LogP) is 2.87. The summed E-state index contributed by atoms with van der Waals surface area (Å²) in [6.07, 6.45) is 2.28. The van der Waals surface area contributed by atoms with E-state index < -0.39 is 0 Å². The number of benzene rings is 1. The standard InChI is InChI=1S/C17H21ClN2O2S/c1-20-15(21)10-14(16(20)11-3-2-4-12(18)9-11)17(22)19-13-5-7-23-8-6-13/h2-4,9,13-14,16H,5-8,10H2,1H3,(H,19,22). The highest BCUT2D eigenvalue weighted by atomic mass is 35.5. The van der Waals surface area contributed by atoms with Crippen molar-refractivity contribution in [2.45, 2.75) is 31.3 Å². The van der Waals surface area contributed by atoms with Crippen molar-refractivity contribution in [1.82, 2.24) is 10.2 Å². The molecule has 2 fully saturated rings. The molecular weight excluding hydrogens is 332 g/mol. The van der Waals surface area contributed by atoms with Crippen LogP contribution in [0.3, 0.4) is 0 Å². The van der Waals surface area contributed by atoms with Crippen LogP contribution in [0, 0.1) is 5.92 Å². The fraction of sp³-hybridized carbons (Fsp3) is 0.529. The Bertz CT molecular complexity index is 604. The summed E-state index contributed by atoms with van der Waals surface area (Å²) < 4.78 is 0. The summed E-state index contributed by atoms with van der Waals surface area (Å²) >= 11 is 8.01. The molecule has 2 unspecified atom stereocenters. The fourth-order valence-electron chi connectivity index (χ4n) is 3.40. The van der Waals surface area contributed by atoms with Gasteiger partial charge in [-0.05, 0) is 42.0 Å². The number of thioether (sulfide) groups is 1. The minimum Gasteiger partial charge on any atom is -0.353 e. The SMILES string of the molecule is CN1C(=O)CC(C(=O)NC2CCSCC2)C1c1cccc(Cl)c1. The average molecular weight is 353 g/mol. The molecule has 6 heteroatoms. The van der Waals surface area contributed by atoms with Crippen molar-refractivity contribution in [2.24, 2.45) is 5.92 Å². The number of nitrogens with one attached hydrogen (secondary N) is 1. The van der Waals surface area contributed by atoms with Gasteiger partial charge < -0.3 is 10.2 Å². The maximum atomic E-state index is 12.7. The summed E-state index contributed by atoms with van der Waals surface area (Å²) in [5.74, 6) is 1.83. The lowest BCUT2D eigenvalue weighted by molar-refractivity contribution is -0.128. The average Bonchev–Trinajstić information content (AvgIpc) is 2.84. The van der Waals surface area contributed by atoms with Gasteiger partial charge >= 0.3 is 0 Å². The summed E-state index contributed by atoms with van der Waals surface area (Å²) in [4.78, 5) is 26.6. The number of amides is 2. The molecule has 2 aliphatic heterocycles. The van der Waals surface area contributed by atoms with Crippen LogP contribution in [0.4, 0.5) is 0 Å². The Labute approximate surface area is 145 Å². The van der Waals surface area contributed by atoms with Crippen LogP contribution in [0.1, 0.15) is 30.9 Å². The molecule has 2 amide bonds. The zero-order valence-corrected chi connectivity index (χ0v) is 14.7. The van der Waals surface area contributed by atoms with Crippen molar-refractivity contribution in [3.05, 3.63) is 34.9 Å². The molecule has 0 spiro atoms. The Hall–Kier alpha value is -1.20. The van der Waals surface area contributed by atoms with Gasteiger partial charge in [0.15, 0.2) is 0 Å². The highest BCUT2D eigenvalue weighted by Gasteiger charge is 2.43. The third kappa shape index (κ3) is 3.66. The molecule has 2 saturated heterocycles. The van der Waals surface area contributed by atoms with Crippen molar-refractivity contribution in [3.8, 4) is 0 Å². The largest absolute Gasteiger partial charge is 0.353 e. The Balaban J connectivity index is 1.78. The van der Waals surface area contributed by atoms with Gasteiger partial charge in [-0.15, -0.1) is 0 Å². The van der Waals surface area contributed by atoms with Gasteiger partial charge in [0.25, 0.3) is 0 Å². The van der Waals surface area contributed by atoms with Gasteiger partial charge in [0.2, 0.25) is 11.8 Å². The summed E-state index contributed by atoms with van der Waals surface area (Å²) in [5.41, 5.74) is 0.921. The lowest BCUT2D eigenvalue weighted by Gasteiger charge is -2.28. The molecule has 1 N–H and O–H groups in total. The van der Waals surface area contributed by atoms with Gasteiger partial charge in [-0.2, -0.15) is 11.8 Å². The predicted molar refractivity (Wildman–Crippen MR) is 93.6 cm³/mol. The Kier molecular flexibility index (Phi) is 5.17. The molecule has 0 aromatic heterocycles. The molecular formula is C17H21ClN2O2S. The fourth-order valence-corrected chi connectivity index (χ4v) is 4.71. The second kappa shape index (κ2) is 7.14. The van der Waals surface area contributed by atoms with Crippen molar-refractivity contribution in [3.63, 3.8) is 0 Å². The smallest absolute Gasteiger partial charge is 0.226 e. The van der Waals surface area contributed by atoms with Gasteiger partial charge in [-0.25, -0.2) is 0 Å². The quantitative estimate of drug-likeness (QED) is 0.910. The molecule has 4 nitrogen and oxygen atoms in total. The number of likely N-dealkylation sites (tertiary alicyclic amines) is 1. The first-order valence-electron chi connectivity index (χ1n) is 7.95. The molecule has 3 rings (SSSR count). The Morgan fingerprint density at radius 1 is 1.35 bits per heavy atom. The van der Waals surface area contributed by atoms with Gasteiger partial charge in [0.05, 0.1) is 12.0 Å². The number of carbonyl (C=O) groups is 2. The molecule has 2 aliphatic rings. The molecule has 23 heavy (non-hydrogen) atoms. The number of hydrogen-bond acceptors (Lipinski definition) is 3. The minimum absolute atomic E-state index is 0.00863. The van der Waals surface area contributed by atoms with Gasteiger partial charge in [0.1, 0.15) is 0 Å². The zero-order chi connectivity index (χ0) is 16.4. The van der Waals surface area contributed by atoms with Crippen LogP contribution in [0.5, 0.6) is 0 Å². The van der Waals surface area contributed by atoms with Crippen LogP contribution in [0.25, 0.3) is 0 Å². The topological polar surface area (TPSA) is 49.4 Å². The van der Waals surface area contributed by atoms with Gasteiger partial charge in [-0.3, -0.25) is 9.59 Å². The molecule has 0 bridgehead atoms. The molecule has 124 valence electrons. The second-order valence-electron chi connectivity index (χ2n) is 6.21. The summed E-state index contributed by atoms with van der Waals surface area (Å²) in [6.45, 7) is 0. The van der Waals surface area contributed by atoms with Gasteiger partial charge in [0, 0.05) is 24.5 Å². The maximum absolute atomic E-state index is 12.7. The van der Waals surface area contributed by atoms with E-state index in [1.54, 1.807) is 18.0 Å². The van der Waals surface area contributed by atoms with Crippen LogP contribution >= 0.6 is 23.4 Å². The summed E-state index contributed by atoms with van der Waals surface area (Å²) in [7, 11) is 1.76. The normalized spacial score (nSPS) is 25.7. The van der Waals surface area contributed by atoms with Crippen LogP contribution in [-0.4, -0.2) is 41.3 Å². The van der Waals surface area contributed by atoms with E-state index in [2.05, 4.69) is 5.32 Å². The molecule has 1 aromatic rings. The van der Waals surface area contributed by atoms with E-state index in [1.807, 2.05) is 30.0 Å². The Morgan fingerprint density at radius 2 is 2.09 bits per heavy atom. The Morgan fingerprint density at radius 3 is 2.78 bits per heavy atom. The third-order valence-electron chi connectivity index (χ3n) is 4.68. The third-order valence-corrected chi connectivity index (χ3v) is 5.96. The first-order valence-corrected chi connectivity index (χ1v) is 9.49. The highest BCUT2D eigenvalue weighted by Crippen LogP contribution is 2.38. The molecule has 1 aromatic carbocycles. The number of nitrogens with zero attached hydrogens (tertiary/aromatic N) is 1. The van der Waals surface area contributed by atoms with Crippen LogP contribution in [0.15, 0.2) is 24.3 Å². The molecule has 2 atom stereocenters. The first-order chi connectivity index (χ1) is 11.1. The van der Waals surface area contributed by atoms with E-state index in [0.717, 1.165) is 29.9 Å². The molecule has 0 saturated carbocycles. The van der Waals surface area contributed by atoms with E-state index in [0.29, 0.717) is 5.02 Å². The number of halogens is 1. The molecule has 2 heterocycles. The summed E-state index contributed by atoms with van der Waals surface area (Å²) in [5, 5.41) is 3.78. The van der Waals surface area contributed by atoms with E-state index in [1.165, 1.54) is 0 Å². The minimum atomic E-state index is -0.347. The van der Waals surface area contributed by atoms with Crippen LogP contribution in [-0.2, 0) is 9.59 Å². The number of rotatable bonds is 3. The highest BCUT2D eigenvalue weighted by molar-refractivity contribution is 7.99. The van der Waals surface area contributed by atoms with E-state index in [9.17, 15) is 9.59 Å². The first kappa shape index (κ1) is 16.7. The van der Waals surface area contributed by atoms with E-state index in [-0.39, 0.29) is 36.2 Å². The van der Waals surface area contributed by atoms with E-state index in [4.69, 9.17) is 11.6 Å². The van der Waals surface area contributed by atoms with Crippen molar-refractivity contribution < 1.29 is 9.59 Å². The van der Waals surface area contributed by atoms with Crippen LogP contribution < -0.4 is 5.32 Å². The van der Waals surface area contributed by atoms with Gasteiger partial charge in [-0.1, -0.05) is 23.7 Å². The monoisotopic (exact) mass is 352 g/mol. The van der Waals surface area contributed by atoms with Crippen molar-refractivity contribution in [2.75, 3.05) is 18.6 Å². The molecule has 0 aliphatic carbocycles. The van der Waals surface area contributed by atoms with Crippen molar-refractivity contribution in [1.29, 1.82) is 0 Å². The number of carbonyl (C=O) groups excluding carboxylic acids is 2. The lowest BCUT2D eigenvalue weighted by Crippen LogP contribution is -2.42. The van der Waals surface area contributed by atoms with Crippen molar-refractivity contribution >= 4 is 35.2 Å².